The van der Waals surface area contributed by atoms with Gasteiger partial charge in [-0.2, -0.15) is 0 Å². The number of anilines is 1. The van der Waals surface area contributed by atoms with Gasteiger partial charge in [-0.1, -0.05) is 22.9 Å². The minimum absolute atomic E-state index is 0.179. The number of amides is 1. The summed E-state index contributed by atoms with van der Waals surface area (Å²) in [5.74, 6) is -0.976. The third-order valence-corrected chi connectivity index (χ3v) is 3.38. The number of phenolic OH excluding ortho intramolecular Hbond substituents is 1. The zero-order valence-corrected chi connectivity index (χ0v) is 11.7. The number of ether oxygens (including phenoxy) is 1. The van der Waals surface area contributed by atoms with Crippen molar-refractivity contribution in [2.75, 3.05) is 12.4 Å². The number of esters is 1. The highest BCUT2D eigenvalue weighted by molar-refractivity contribution is 9.10. The Morgan fingerprint density at radius 2 is 2.17 bits per heavy atom. The first kappa shape index (κ1) is 14.5. The van der Waals surface area contributed by atoms with Gasteiger partial charge in [0.05, 0.1) is 23.2 Å². The van der Waals surface area contributed by atoms with Crippen LogP contribution >= 0.6 is 15.9 Å². The fourth-order valence-corrected chi connectivity index (χ4v) is 1.39. The number of benzene rings is 1. The Bertz CT molecular complexity index is 461. The summed E-state index contributed by atoms with van der Waals surface area (Å²) in [6, 6.07) is 4.17. The number of nitrogens with one attached hydrogen (secondary N) is 1. The van der Waals surface area contributed by atoms with Gasteiger partial charge in [0.1, 0.15) is 5.75 Å². The van der Waals surface area contributed by atoms with E-state index in [2.05, 4.69) is 26.0 Å². The molecule has 1 atom stereocenters. The molecule has 0 fully saturated rings. The van der Waals surface area contributed by atoms with E-state index in [-0.39, 0.29) is 27.7 Å². The van der Waals surface area contributed by atoms with Crippen LogP contribution in [0, 0.1) is 0 Å². The number of phenols is 1. The standard InChI is InChI=1S/C12H14BrNO4/c1-3-8(13)11(16)14-9-5-4-7(6-10(9)15)12(17)18-2/h4-6,8,15H,3H2,1-2H3,(H,14,16). The van der Waals surface area contributed by atoms with Crippen LogP contribution in [0.5, 0.6) is 5.75 Å². The minimum Gasteiger partial charge on any atom is -0.506 e. The van der Waals surface area contributed by atoms with Crippen LogP contribution in [-0.4, -0.2) is 28.9 Å². The summed E-state index contributed by atoms with van der Waals surface area (Å²) < 4.78 is 4.52. The maximum Gasteiger partial charge on any atom is 0.337 e. The van der Waals surface area contributed by atoms with Crippen LogP contribution in [0.25, 0.3) is 0 Å². The predicted molar refractivity (Wildman–Crippen MR) is 71.1 cm³/mol. The molecule has 0 aromatic heterocycles. The molecule has 1 aromatic carbocycles. The fraction of sp³-hybridized carbons (Fsp3) is 0.333. The molecule has 0 aliphatic carbocycles. The van der Waals surface area contributed by atoms with Gasteiger partial charge in [0, 0.05) is 0 Å². The van der Waals surface area contributed by atoms with Crippen molar-refractivity contribution in [3.63, 3.8) is 0 Å². The Morgan fingerprint density at radius 1 is 1.50 bits per heavy atom. The molecule has 0 heterocycles. The summed E-state index contributed by atoms with van der Waals surface area (Å²) in [5, 5.41) is 12.3. The quantitative estimate of drug-likeness (QED) is 0.508. The topological polar surface area (TPSA) is 75.6 Å². The number of methoxy groups -OCH3 is 1. The molecular weight excluding hydrogens is 302 g/mol. The lowest BCUT2D eigenvalue weighted by Gasteiger charge is -2.10. The molecule has 0 aliphatic rings. The molecule has 0 saturated heterocycles. The van der Waals surface area contributed by atoms with E-state index in [1.807, 2.05) is 6.92 Å². The second kappa shape index (κ2) is 6.39. The molecule has 0 radical (unpaired) electrons. The van der Waals surface area contributed by atoms with E-state index in [1.54, 1.807) is 0 Å². The first-order valence-electron chi connectivity index (χ1n) is 5.35. The Labute approximate surface area is 113 Å². The van der Waals surface area contributed by atoms with E-state index in [9.17, 15) is 14.7 Å². The van der Waals surface area contributed by atoms with Crippen LogP contribution < -0.4 is 5.32 Å². The molecule has 5 nitrogen and oxygen atoms in total. The van der Waals surface area contributed by atoms with Gasteiger partial charge in [-0.15, -0.1) is 0 Å². The predicted octanol–water partition coefficient (Wildman–Crippen LogP) is 2.29. The zero-order valence-electron chi connectivity index (χ0n) is 10.1. The average molecular weight is 316 g/mol. The van der Waals surface area contributed by atoms with E-state index < -0.39 is 5.97 Å². The van der Waals surface area contributed by atoms with Gasteiger partial charge in [0.25, 0.3) is 0 Å². The van der Waals surface area contributed by atoms with E-state index >= 15 is 0 Å². The average Bonchev–Trinajstić information content (AvgIpc) is 2.38. The summed E-state index contributed by atoms with van der Waals surface area (Å²) in [6.07, 6.45) is 0.632. The van der Waals surface area contributed by atoms with Gasteiger partial charge in [0.2, 0.25) is 5.91 Å². The summed E-state index contributed by atoms with van der Waals surface area (Å²) in [6.45, 7) is 1.86. The van der Waals surface area contributed by atoms with Crippen molar-refractivity contribution in [1.82, 2.24) is 0 Å². The molecule has 1 aromatic rings. The van der Waals surface area contributed by atoms with Crippen LogP contribution in [0.1, 0.15) is 23.7 Å². The van der Waals surface area contributed by atoms with E-state index in [0.29, 0.717) is 6.42 Å². The minimum atomic E-state index is -0.546. The molecule has 2 N–H and O–H groups in total. The zero-order chi connectivity index (χ0) is 13.7. The van der Waals surface area contributed by atoms with Crippen molar-refractivity contribution in [1.29, 1.82) is 0 Å². The largest absolute Gasteiger partial charge is 0.506 e. The molecule has 0 aliphatic heterocycles. The SMILES string of the molecule is CCC(Br)C(=O)Nc1ccc(C(=O)OC)cc1O. The third kappa shape index (κ3) is 3.46. The summed E-state index contributed by atoms with van der Waals surface area (Å²) in [4.78, 5) is 22.5. The molecule has 1 rings (SSSR count). The van der Waals surface area contributed by atoms with E-state index in [4.69, 9.17) is 0 Å². The summed E-state index contributed by atoms with van der Waals surface area (Å²) >= 11 is 3.21. The number of hydrogen-bond donors (Lipinski definition) is 2. The monoisotopic (exact) mass is 315 g/mol. The Balaban J connectivity index is 2.86. The van der Waals surface area contributed by atoms with Crippen LogP contribution in [0.15, 0.2) is 18.2 Å². The maximum atomic E-state index is 11.6. The van der Waals surface area contributed by atoms with E-state index in [1.165, 1.54) is 25.3 Å². The number of carbonyl (C=O) groups excluding carboxylic acids is 2. The number of carbonyl (C=O) groups is 2. The fourth-order valence-electron chi connectivity index (χ4n) is 1.28. The Kier molecular flexibility index (Phi) is 5.15. The molecule has 1 unspecified atom stereocenters. The lowest BCUT2D eigenvalue weighted by molar-refractivity contribution is -0.115. The van der Waals surface area contributed by atoms with E-state index in [0.717, 1.165) is 0 Å². The van der Waals surface area contributed by atoms with Crippen LogP contribution in [0.4, 0.5) is 5.69 Å². The second-order valence-electron chi connectivity index (χ2n) is 3.59. The molecule has 1 amide bonds. The van der Waals surface area contributed by atoms with Gasteiger partial charge in [-0.05, 0) is 24.6 Å². The van der Waals surface area contributed by atoms with Gasteiger partial charge in [-0.3, -0.25) is 4.79 Å². The van der Waals surface area contributed by atoms with Crippen molar-refractivity contribution >= 4 is 33.5 Å². The highest BCUT2D eigenvalue weighted by atomic mass is 79.9. The smallest absolute Gasteiger partial charge is 0.337 e. The molecule has 98 valence electrons. The Hall–Kier alpha value is -1.56. The molecular formula is C12H14BrNO4. The van der Waals surface area contributed by atoms with Gasteiger partial charge in [-0.25, -0.2) is 4.79 Å². The number of rotatable bonds is 4. The molecule has 0 bridgehead atoms. The molecule has 0 spiro atoms. The third-order valence-electron chi connectivity index (χ3n) is 2.32. The van der Waals surface area contributed by atoms with Crippen molar-refractivity contribution in [2.45, 2.75) is 18.2 Å². The van der Waals surface area contributed by atoms with Crippen molar-refractivity contribution in [2.24, 2.45) is 0 Å². The lowest BCUT2D eigenvalue weighted by Crippen LogP contribution is -2.22. The highest BCUT2D eigenvalue weighted by Crippen LogP contribution is 2.25. The number of alkyl halides is 1. The first-order chi connectivity index (χ1) is 8.49. The van der Waals surface area contributed by atoms with Crippen LogP contribution in [0.2, 0.25) is 0 Å². The van der Waals surface area contributed by atoms with Gasteiger partial charge >= 0.3 is 5.97 Å². The number of halogens is 1. The second-order valence-corrected chi connectivity index (χ2v) is 4.69. The molecule has 6 heteroatoms. The van der Waals surface area contributed by atoms with Crippen molar-refractivity contribution in [3.05, 3.63) is 23.8 Å². The number of aromatic hydroxyl groups is 1. The normalized spacial score (nSPS) is 11.7. The Morgan fingerprint density at radius 3 is 2.67 bits per heavy atom. The van der Waals surface area contributed by atoms with Crippen LogP contribution in [-0.2, 0) is 9.53 Å². The van der Waals surface area contributed by atoms with Gasteiger partial charge < -0.3 is 15.2 Å². The number of hydrogen-bond acceptors (Lipinski definition) is 4. The van der Waals surface area contributed by atoms with Crippen molar-refractivity contribution < 1.29 is 19.4 Å². The first-order valence-corrected chi connectivity index (χ1v) is 6.27. The van der Waals surface area contributed by atoms with Crippen LogP contribution in [0.3, 0.4) is 0 Å². The van der Waals surface area contributed by atoms with Crippen molar-refractivity contribution in [3.8, 4) is 5.75 Å². The van der Waals surface area contributed by atoms with Gasteiger partial charge in [0.15, 0.2) is 0 Å². The maximum absolute atomic E-state index is 11.6. The lowest BCUT2D eigenvalue weighted by atomic mass is 10.2. The highest BCUT2D eigenvalue weighted by Gasteiger charge is 2.15. The molecule has 18 heavy (non-hydrogen) atoms. The summed E-state index contributed by atoms with van der Waals surface area (Å²) in [5.41, 5.74) is 0.476. The molecule has 0 saturated carbocycles. The summed E-state index contributed by atoms with van der Waals surface area (Å²) in [7, 11) is 1.26.